The summed E-state index contributed by atoms with van der Waals surface area (Å²) in [7, 11) is 0. The number of hydrogen-bond donors (Lipinski definition) is 1. The predicted molar refractivity (Wildman–Crippen MR) is 61.6 cm³/mol. The zero-order valence-electron chi connectivity index (χ0n) is 8.85. The first-order valence-electron chi connectivity index (χ1n) is 5.11. The molecule has 1 saturated carbocycles. The molecular weight excluding hydrogens is 273 g/mol. The van der Waals surface area contributed by atoms with Gasteiger partial charge in [0, 0.05) is 10.0 Å². The van der Waals surface area contributed by atoms with Crippen molar-refractivity contribution in [2.45, 2.75) is 31.6 Å². The second-order valence-corrected chi connectivity index (χ2v) is 5.05. The number of benzene rings is 1. The molecule has 1 N–H and O–H groups in total. The Labute approximate surface area is 102 Å². The highest BCUT2D eigenvalue weighted by molar-refractivity contribution is 9.10. The molecule has 0 atom stereocenters. The van der Waals surface area contributed by atoms with Crippen molar-refractivity contribution in [1.82, 2.24) is 0 Å². The van der Waals surface area contributed by atoms with Gasteiger partial charge >= 0.3 is 0 Å². The first-order valence-corrected chi connectivity index (χ1v) is 5.90. The van der Waals surface area contributed by atoms with Gasteiger partial charge in [-0.1, -0.05) is 15.9 Å². The van der Waals surface area contributed by atoms with Gasteiger partial charge in [-0.25, -0.2) is 4.39 Å². The average Bonchev–Trinajstić information content (AvgIpc) is 2.19. The number of hydrogen-bond acceptors (Lipinski definition) is 2. The number of rotatable bonds is 1. The molecule has 0 spiro atoms. The second kappa shape index (κ2) is 3.74. The Morgan fingerprint density at radius 3 is 2.62 bits per heavy atom. The predicted octanol–water partition coefficient (Wildman–Crippen LogP) is 3.55. The Morgan fingerprint density at radius 1 is 1.56 bits per heavy atom. The first kappa shape index (κ1) is 11.4. The van der Waals surface area contributed by atoms with Crippen molar-refractivity contribution in [1.29, 1.82) is 5.26 Å². The lowest BCUT2D eigenvalue weighted by Crippen LogP contribution is -2.33. The molecule has 0 heterocycles. The summed E-state index contributed by atoms with van der Waals surface area (Å²) >= 11 is 3.34. The summed E-state index contributed by atoms with van der Waals surface area (Å²) in [5.41, 5.74) is 0.404. The van der Waals surface area contributed by atoms with Crippen LogP contribution in [0.2, 0.25) is 0 Å². The number of aromatic hydroxyl groups is 1. The minimum Gasteiger partial charge on any atom is -0.505 e. The van der Waals surface area contributed by atoms with Gasteiger partial charge in [-0.05, 0) is 37.8 Å². The van der Waals surface area contributed by atoms with Crippen LogP contribution in [0.1, 0.15) is 30.4 Å². The van der Waals surface area contributed by atoms with Crippen LogP contribution in [0.5, 0.6) is 5.75 Å². The van der Waals surface area contributed by atoms with Crippen LogP contribution in [0.15, 0.2) is 10.5 Å². The third-order valence-corrected chi connectivity index (χ3v) is 4.29. The van der Waals surface area contributed by atoms with E-state index in [1.165, 1.54) is 6.07 Å². The molecule has 2 rings (SSSR count). The van der Waals surface area contributed by atoms with Crippen molar-refractivity contribution in [3.63, 3.8) is 0 Å². The van der Waals surface area contributed by atoms with Crippen molar-refractivity contribution in [2.24, 2.45) is 0 Å². The molecule has 84 valence electrons. The van der Waals surface area contributed by atoms with Crippen molar-refractivity contribution in [3.05, 3.63) is 27.5 Å². The SMILES string of the molecule is Cc1cc(F)c(O)c(C2(C#N)CCC2)c1Br. The van der Waals surface area contributed by atoms with E-state index >= 15 is 0 Å². The standard InChI is InChI=1S/C12H11BrFNO/c1-7-5-8(14)11(16)9(10(7)13)12(6-15)3-2-4-12/h5,16H,2-4H2,1H3. The monoisotopic (exact) mass is 283 g/mol. The van der Waals surface area contributed by atoms with Gasteiger partial charge in [-0.2, -0.15) is 5.26 Å². The van der Waals surface area contributed by atoms with Gasteiger partial charge in [-0.3, -0.25) is 0 Å². The quantitative estimate of drug-likeness (QED) is 0.857. The van der Waals surface area contributed by atoms with E-state index in [4.69, 9.17) is 0 Å². The normalized spacial score (nSPS) is 17.6. The van der Waals surface area contributed by atoms with Crippen LogP contribution in [-0.4, -0.2) is 5.11 Å². The largest absolute Gasteiger partial charge is 0.505 e. The van der Waals surface area contributed by atoms with E-state index in [0.29, 0.717) is 28.4 Å². The minimum absolute atomic E-state index is 0.390. The number of phenols is 1. The molecule has 1 aromatic carbocycles. The molecule has 0 aliphatic heterocycles. The maximum atomic E-state index is 13.5. The van der Waals surface area contributed by atoms with Crippen molar-refractivity contribution < 1.29 is 9.50 Å². The van der Waals surface area contributed by atoms with E-state index in [0.717, 1.165) is 6.42 Å². The summed E-state index contributed by atoms with van der Waals surface area (Å²) in [4.78, 5) is 0. The fraction of sp³-hybridized carbons (Fsp3) is 0.417. The van der Waals surface area contributed by atoms with Gasteiger partial charge < -0.3 is 5.11 Å². The summed E-state index contributed by atoms with van der Waals surface area (Å²) < 4.78 is 14.1. The lowest BCUT2D eigenvalue weighted by atomic mass is 9.65. The van der Waals surface area contributed by atoms with Crippen molar-refractivity contribution in [2.75, 3.05) is 0 Å². The molecule has 0 aromatic heterocycles. The summed E-state index contributed by atoms with van der Waals surface area (Å²) in [6.45, 7) is 1.75. The van der Waals surface area contributed by atoms with Gasteiger partial charge in [0.1, 0.15) is 0 Å². The summed E-state index contributed by atoms with van der Waals surface area (Å²) in [6, 6.07) is 3.48. The average molecular weight is 284 g/mol. The van der Waals surface area contributed by atoms with E-state index in [1.807, 2.05) is 0 Å². The Balaban J connectivity index is 2.69. The molecule has 0 amide bonds. The van der Waals surface area contributed by atoms with Crippen LogP contribution in [0, 0.1) is 24.1 Å². The van der Waals surface area contributed by atoms with E-state index in [2.05, 4.69) is 22.0 Å². The lowest BCUT2D eigenvalue weighted by molar-refractivity contribution is 0.304. The fourth-order valence-electron chi connectivity index (χ4n) is 2.13. The molecule has 0 bridgehead atoms. The fourth-order valence-corrected chi connectivity index (χ4v) is 2.81. The number of halogens is 2. The molecule has 16 heavy (non-hydrogen) atoms. The molecule has 1 aliphatic rings. The van der Waals surface area contributed by atoms with Crippen LogP contribution in [0.4, 0.5) is 4.39 Å². The Kier molecular flexibility index (Phi) is 2.67. The van der Waals surface area contributed by atoms with Gasteiger partial charge in [0.15, 0.2) is 11.6 Å². The molecule has 0 radical (unpaired) electrons. The number of nitriles is 1. The summed E-state index contributed by atoms with van der Waals surface area (Å²) in [6.07, 6.45) is 2.30. The highest BCUT2D eigenvalue weighted by Gasteiger charge is 2.43. The van der Waals surface area contributed by atoms with E-state index in [9.17, 15) is 14.8 Å². The third kappa shape index (κ3) is 1.42. The highest BCUT2D eigenvalue weighted by atomic mass is 79.9. The lowest BCUT2D eigenvalue weighted by Gasteiger charge is -2.37. The van der Waals surface area contributed by atoms with Gasteiger partial charge in [-0.15, -0.1) is 0 Å². The minimum atomic E-state index is -0.713. The smallest absolute Gasteiger partial charge is 0.165 e. The summed E-state index contributed by atoms with van der Waals surface area (Å²) in [5, 5.41) is 19.0. The Hall–Kier alpha value is -1.08. The van der Waals surface area contributed by atoms with Crippen LogP contribution in [0.25, 0.3) is 0 Å². The molecular formula is C12H11BrFNO. The van der Waals surface area contributed by atoms with Crippen LogP contribution < -0.4 is 0 Å². The maximum absolute atomic E-state index is 13.5. The first-order chi connectivity index (χ1) is 7.52. The molecule has 1 aliphatic carbocycles. The van der Waals surface area contributed by atoms with Gasteiger partial charge in [0.05, 0.1) is 11.5 Å². The van der Waals surface area contributed by atoms with Crippen molar-refractivity contribution >= 4 is 15.9 Å². The van der Waals surface area contributed by atoms with Gasteiger partial charge in [0.2, 0.25) is 0 Å². The zero-order chi connectivity index (χ0) is 11.9. The zero-order valence-corrected chi connectivity index (χ0v) is 10.4. The number of nitrogens with zero attached hydrogens (tertiary/aromatic N) is 1. The molecule has 0 saturated heterocycles. The van der Waals surface area contributed by atoms with Crippen LogP contribution in [-0.2, 0) is 5.41 Å². The number of phenolic OH excluding ortho intramolecular Hbond substituents is 1. The summed E-state index contributed by atoms with van der Waals surface area (Å²) in [5.74, 6) is -1.05. The third-order valence-electron chi connectivity index (χ3n) is 3.27. The van der Waals surface area contributed by atoms with E-state index in [1.54, 1.807) is 6.92 Å². The van der Waals surface area contributed by atoms with E-state index < -0.39 is 17.0 Å². The molecule has 4 heteroatoms. The highest BCUT2D eigenvalue weighted by Crippen LogP contribution is 2.50. The second-order valence-electron chi connectivity index (χ2n) is 4.26. The Bertz CT molecular complexity index is 463. The molecule has 1 fully saturated rings. The Morgan fingerprint density at radius 2 is 2.19 bits per heavy atom. The molecule has 1 aromatic rings. The van der Waals surface area contributed by atoms with Crippen LogP contribution in [0.3, 0.4) is 0 Å². The van der Waals surface area contributed by atoms with Crippen LogP contribution >= 0.6 is 15.9 Å². The van der Waals surface area contributed by atoms with Crippen molar-refractivity contribution in [3.8, 4) is 11.8 Å². The van der Waals surface area contributed by atoms with E-state index in [-0.39, 0.29) is 0 Å². The topological polar surface area (TPSA) is 44.0 Å². The molecule has 2 nitrogen and oxygen atoms in total. The molecule has 0 unspecified atom stereocenters. The van der Waals surface area contributed by atoms with Gasteiger partial charge in [0.25, 0.3) is 0 Å². The maximum Gasteiger partial charge on any atom is 0.165 e. The number of aryl methyl sites for hydroxylation is 1.